The van der Waals surface area contributed by atoms with Crippen molar-refractivity contribution < 1.29 is 28.2 Å². The summed E-state index contributed by atoms with van der Waals surface area (Å²) in [5.74, 6) is -2.06. The molecular weight excluding hydrogens is 432 g/mol. The molecule has 1 heterocycles. The molecule has 1 fully saturated rings. The van der Waals surface area contributed by atoms with E-state index in [1.54, 1.807) is 16.4 Å². The molecule has 1 aliphatic heterocycles. The lowest BCUT2D eigenvalue weighted by molar-refractivity contribution is -0.145. The third-order valence-electron chi connectivity index (χ3n) is 5.52. The predicted molar refractivity (Wildman–Crippen MR) is 121 cm³/mol. The van der Waals surface area contributed by atoms with Crippen molar-refractivity contribution in [3.05, 3.63) is 66.3 Å². The summed E-state index contributed by atoms with van der Waals surface area (Å²) in [5, 5.41) is 22.7. The van der Waals surface area contributed by atoms with Gasteiger partial charge in [0.05, 0.1) is 10.3 Å². The average Bonchev–Trinajstić information content (AvgIpc) is 2.79. The van der Waals surface area contributed by atoms with Crippen LogP contribution in [0.4, 0.5) is 0 Å². The van der Waals surface area contributed by atoms with Crippen molar-refractivity contribution in [2.75, 3.05) is 26.2 Å². The van der Waals surface area contributed by atoms with Crippen molar-refractivity contribution in [1.29, 1.82) is 0 Å². The quantitative estimate of drug-likeness (QED) is 0.643. The molecule has 32 heavy (non-hydrogen) atoms. The van der Waals surface area contributed by atoms with Crippen molar-refractivity contribution in [1.82, 2.24) is 9.62 Å². The van der Waals surface area contributed by atoms with Crippen molar-refractivity contribution in [2.45, 2.75) is 18.2 Å². The highest BCUT2D eigenvalue weighted by Gasteiger charge is 2.34. The topological polar surface area (TPSA) is 124 Å². The molecule has 8 nitrogen and oxygen atoms in total. The summed E-state index contributed by atoms with van der Waals surface area (Å²) in [6.45, 7) is 4.01. The van der Waals surface area contributed by atoms with Crippen LogP contribution in [0.1, 0.15) is 13.3 Å². The summed E-state index contributed by atoms with van der Waals surface area (Å²) in [6.07, 6.45) is 4.43. The van der Waals surface area contributed by atoms with Crippen LogP contribution in [0.2, 0.25) is 0 Å². The van der Waals surface area contributed by atoms with Gasteiger partial charge >= 0.3 is 11.9 Å². The number of nitrogens with one attached hydrogen (secondary N) is 1. The molecule has 170 valence electrons. The number of carboxylic acids is 2. The largest absolute Gasteiger partial charge is 0.481 e. The molecule has 2 aromatic carbocycles. The number of hydrogen-bond acceptors (Lipinski definition) is 5. The minimum atomic E-state index is -3.36. The van der Waals surface area contributed by atoms with Gasteiger partial charge in [-0.25, -0.2) is 13.2 Å². The van der Waals surface area contributed by atoms with Crippen molar-refractivity contribution in [3.8, 4) is 0 Å². The molecule has 2 aromatic rings. The summed E-state index contributed by atoms with van der Waals surface area (Å²) in [5.41, 5.74) is -0.949. The SMILES string of the molecule is CC1(C(=O)O)C=CC=C(C(=O)O)C1.O=S(=O)(c1ccc2ccccc2c1)N1CCNCC1. The second kappa shape index (κ2) is 9.64. The first-order valence-corrected chi connectivity index (χ1v) is 11.6. The molecule has 9 heteroatoms. The molecule has 1 unspecified atom stereocenters. The smallest absolute Gasteiger partial charge is 0.331 e. The van der Waals surface area contributed by atoms with E-state index in [0.29, 0.717) is 31.1 Å². The van der Waals surface area contributed by atoms with E-state index in [4.69, 9.17) is 10.2 Å². The van der Waals surface area contributed by atoms with Crippen LogP contribution in [-0.2, 0) is 19.6 Å². The van der Waals surface area contributed by atoms with Gasteiger partial charge in [0.1, 0.15) is 0 Å². The number of sulfonamides is 1. The summed E-state index contributed by atoms with van der Waals surface area (Å²) >= 11 is 0. The highest BCUT2D eigenvalue weighted by molar-refractivity contribution is 7.89. The van der Waals surface area contributed by atoms with E-state index in [0.717, 1.165) is 10.8 Å². The zero-order chi connectivity index (χ0) is 23.4. The van der Waals surface area contributed by atoms with Gasteiger partial charge in [0.2, 0.25) is 10.0 Å². The molecule has 1 atom stereocenters. The standard InChI is InChI=1S/C14H16N2O2S.C9H10O4/c17-19(18,16-9-7-15-8-10-16)14-6-5-12-3-1-2-4-13(12)11-14;1-9(8(12)13)4-2-3-6(5-9)7(10)11/h1-6,11,15H,7-10H2;2-4H,5H2,1H3,(H,10,11)(H,12,13). The number of carbonyl (C=O) groups is 2. The van der Waals surface area contributed by atoms with Crippen LogP contribution in [-0.4, -0.2) is 61.1 Å². The average molecular weight is 459 g/mol. The Kier molecular flexibility index (Phi) is 7.12. The van der Waals surface area contributed by atoms with Crippen LogP contribution in [0.25, 0.3) is 10.8 Å². The summed E-state index contributed by atoms with van der Waals surface area (Å²) in [4.78, 5) is 21.7. The fourth-order valence-corrected chi connectivity index (χ4v) is 5.02. The molecule has 1 aliphatic carbocycles. The minimum absolute atomic E-state index is 0.0359. The second-order valence-electron chi connectivity index (χ2n) is 7.92. The van der Waals surface area contributed by atoms with Crippen molar-refractivity contribution >= 4 is 32.7 Å². The molecule has 2 aliphatic rings. The van der Waals surface area contributed by atoms with E-state index in [-0.39, 0.29) is 12.0 Å². The van der Waals surface area contributed by atoms with Crippen LogP contribution >= 0.6 is 0 Å². The first kappa shape index (κ1) is 23.6. The first-order valence-electron chi connectivity index (χ1n) is 10.2. The maximum absolute atomic E-state index is 12.5. The number of hydrogen-bond donors (Lipinski definition) is 3. The molecule has 0 saturated carbocycles. The van der Waals surface area contributed by atoms with E-state index < -0.39 is 27.4 Å². The third-order valence-corrected chi connectivity index (χ3v) is 7.41. The van der Waals surface area contributed by atoms with Gasteiger partial charge in [0.15, 0.2) is 0 Å². The van der Waals surface area contributed by atoms with Gasteiger partial charge in [-0.1, -0.05) is 48.6 Å². The lowest BCUT2D eigenvalue weighted by Crippen LogP contribution is -2.46. The number of allylic oxidation sites excluding steroid dienone is 2. The Morgan fingerprint density at radius 1 is 1.03 bits per heavy atom. The van der Waals surface area contributed by atoms with Gasteiger partial charge in [-0.2, -0.15) is 4.31 Å². The monoisotopic (exact) mass is 458 g/mol. The van der Waals surface area contributed by atoms with Gasteiger partial charge in [-0.15, -0.1) is 0 Å². The normalized spacial score (nSPS) is 21.3. The highest BCUT2D eigenvalue weighted by Crippen LogP contribution is 2.31. The molecule has 4 rings (SSSR count). The summed E-state index contributed by atoms with van der Waals surface area (Å²) in [7, 11) is -3.36. The van der Waals surface area contributed by atoms with E-state index in [9.17, 15) is 18.0 Å². The minimum Gasteiger partial charge on any atom is -0.481 e. The van der Waals surface area contributed by atoms with Crippen LogP contribution in [0.5, 0.6) is 0 Å². The highest BCUT2D eigenvalue weighted by atomic mass is 32.2. The number of carboxylic acid groups (broad SMARTS) is 2. The van der Waals surface area contributed by atoms with E-state index >= 15 is 0 Å². The van der Waals surface area contributed by atoms with Gasteiger partial charge < -0.3 is 15.5 Å². The number of fused-ring (bicyclic) bond motifs is 1. The Hall–Kier alpha value is -3.01. The van der Waals surface area contributed by atoms with E-state index in [1.165, 1.54) is 25.2 Å². The van der Waals surface area contributed by atoms with Gasteiger partial charge in [-0.3, -0.25) is 4.79 Å². The Labute approximate surface area is 186 Å². The molecule has 0 amide bonds. The summed E-state index contributed by atoms with van der Waals surface area (Å²) in [6, 6.07) is 13.1. The number of piperazine rings is 1. The first-order chi connectivity index (χ1) is 15.1. The Morgan fingerprint density at radius 2 is 1.69 bits per heavy atom. The fourth-order valence-electron chi connectivity index (χ4n) is 3.55. The fraction of sp³-hybridized carbons (Fsp3) is 0.304. The van der Waals surface area contributed by atoms with Crippen LogP contribution in [0, 0.1) is 5.41 Å². The molecule has 0 spiro atoms. The zero-order valence-corrected chi connectivity index (χ0v) is 18.5. The molecular formula is C23H26N2O6S. The molecule has 0 radical (unpaired) electrons. The van der Waals surface area contributed by atoms with Crippen LogP contribution < -0.4 is 5.32 Å². The van der Waals surface area contributed by atoms with Gasteiger partial charge in [0, 0.05) is 31.8 Å². The molecule has 1 saturated heterocycles. The molecule has 3 N–H and O–H groups in total. The van der Waals surface area contributed by atoms with Gasteiger partial charge in [-0.05, 0) is 36.2 Å². The predicted octanol–water partition coefficient (Wildman–Crippen LogP) is 2.48. The number of nitrogens with zero attached hydrogens (tertiary/aromatic N) is 1. The number of aliphatic carboxylic acids is 2. The number of benzene rings is 2. The van der Waals surface area contributed by atoms with Crippen LogP contribution in [0.3, 0.4) is 0 Å². The van der Waals surface area contributed by atoms with E-state index in [1.807, 2.05) is 30.3 Å². The summed E-state index contributed by atoms with van der Waals surface area (Å²) < 4.78 is 26.6. The lowest BCUT2D eigenvalue weighted by Gasteiger charge is -2.26. The second-order valence-corrected chi connectivity index (χ2v) is 9.86. The van der Waals surface area contributed by atoms with Crippen molar-refractivity contribution in [2.24, 2.45) is 5.41 Å². The maximum atomic E-state index is 12.5. The van der Waals surface area contributed by atoms with Crippen molar-refractivity contribution in [3.63, 3.8) is 0 Å². The Morgan fingerprint density at radius 3 is 2.31 bits per heavy atom. The van der Waals surface area contributed by atoms with E-state index in [2.05, 4.69) is 5.32 Å². The van der Waals surface area contributed by atoms with Gasteiger partial charge in [0.25, 0.3) is 0 Å². The number of rotatable bonds is 4. The lowest BCUT2D eigenvalue weighted by atomic mass is 9.80. The molecule has 0 bridgehead atoms. The third kappa shape index (κ3) is 5.24. The Balaban J connectivity index is 0.000000195. The zero-order valence-electron chi connectivity index (χ0n) is 17.7. The molecule has 0 aromatic heterocycles. The Bertz CT molecular complexity index is 1180. The maximum Gasteiger partial charge on any atom is 0.331 e. The van der Waals surface area contributed by atoms with Crippen LogP contribution in [0.15, 0.2) is 71.2 Å².